The van der Waals surface area contributed by atoms with Gasteiger partial charge in [0.2, 0.25) is 0 Å². The Balaban J connectivity index is 2.19. The zero-order chi connectivity index (χ0) is 13.1. The average Bonchev–Trinajstić information content (AvgIpc) is 2.65. The maximum Gasteiger partial charge on any atom is 0.185 e. The lowest BCUT2D eigenvalue weighted by molar-refractivity contribution is 0.104. The molecule has 2 aromatic rings. The smallest absolute Gasteiger partial charge is 0.185 e. The fraction of sp³-hybridized carbons (Fsp3) is 0.143. The maximum atomic E-state index is 11.9. The SMILES string of the molecule is Cc1nn(C)cc1/C=C/C(=O)c1cccc(O)c1. The van der Waals surface area contributed by atoms with Crippen LogP contribution in [0.2, 0.25) is 0 Å². The molecule has 0 aliphatic carbocycles. The molecule has 0 radical (unpaired) electrons. The van der Waals surface area contributed by atoms with E-state index in [2.05, 4.69) is 5.10 Å². The number of phenolic OH excluding ortho intramolecular Hbond substituents is 1. The van der Waals surface area contributed by atoms with Crippen LogP contribution >= 0.6 is 0 Å². The molecule has 1 aromatic carbocycles. The van der Waals surface area contributed by atoms with Crippen LogP contribution < -0.4 is 0 Å². The standard InChI is InChI=1S/C14H14N2O2/c1-10-12(9-16(2)15-10)6-7-14(18)11-4-3-5-13(17)8-11/h3-9,17H,1-2H3/b7-6+. The molecule has 18 heavy (non-hydrogen) atoms. The summed E-state index contributed by atoms with van der Waals surface area (Å²) in [6.07, 6.45) is 5.06. The van der Waals surface area contributed by atoms with Crippen molar-refractivity contribution in [2.24, 2.45) is 7.05 Å². The van der Waals surface area contributed by atoms with Gasteiger partial charge in [0.25, 0.3) is 0 Å². The minimum Gasteiger partial charge on any atom is -0.508 e. The van der Waals surface area contributed by atoms with E-state index in [4.69, 9.17) is 0 Å². The molecule has 1 aromatic heterocycles. The third-order valence-electron chi connectivity index (χ3n) is 2.60. The summed E-state index contributed by atoms with van der Waals surface area (Å²) in [7, 11) is 1.83. The molecule has 0 atom stereocenters. The third-order valence-corrected chi connectivity index (χ3v) is 2.60. The van der Waals surface area contributed by atoms with Crippen LogP contribution in [0.1, 0.15) is 21.6 Å². The Hall–Kier alpha value is -2.36. The van der Waals surface area contributed by atoms with Gasteiger partial charge in [0, 0.05) is 24.4 Å². The van der Waals surface area contributed by atoms with E-state index in [0.29, 0.717) is 5.56 Å². The van der Waals surface area contributed by atoms with Crippen molar-refractivity contribution in [1.82, 2.24) is 9.78 Å². The van der Waals surface area contributed by atoms with Crippen molar-refractivity contribution in [3.05, 3.63) is 53.4 Å². The number of carbonyl (C=O) groups excluding carboxylic acids is 1. The average molecular weight is 242 g/mol. The van der Waals surface area contributed by atoms with E-state index in [1.54, 1.807) is 22.9 Å². The van der Waals surface area contributed by atoms with E-state index in [-0.39, 0.29) is 11.5 Å². The number of hydrogen-bond donors (Lipinski definition) is 1. The summed E-state index contributed by atoms with van der Waals surface area (Å²) in [4.78, 5) is 11.9. The molecule has 0 saturated heterocycles. The number of aromatic hydroxyl groups is 1. The molecule has 0 saturated carbocycles. The first kappa shape index (κ1) is 12.1. The molecule has 0 amide bonds. The Bertz CT molecular complexity index is 612. The lowest BCUT2D eigenvalue weighted by Crippen LogP contribution is -1.93. The number of aromatic nitrogens is 2. The summed E-state index contributed by atoms with van der Waals surface area (Å²) >= 11 is 0. The van der Waals surface area contributed by atoms with Crippen LogP contribution in [0.5, 0.6) is 5.75 Å². The molecule has 4 heteroatoms. The molecule has 4 nitrogen and oxygen atoms in total. The molecule has 1 heterocycles. The monoisotopic (exact) mass is 242 g/mol. The van der Waals surface area contributed by atoms with Crippen molar-refractivity contribution in [1.29, 1.82) is 0 Å². The van der Waals surface area contributed by atoms with Gasteiger partial charge in [0.15, 0.2) is 5.78 Å². The van der Waals surface area contributed by atoms with E-state index < -0.39 is 0 Å². The van der Waals surface area contributed by atoms with Gasteiger partial charge in [0.05, 0.1) is 5.69 Å². The van der Waals surface area contributed by atoms with Crippen molar-refractivity contribution in [3.63, 3.8) is 0 Å². The predicted molar refractivity (Wildman–Crippen MR) is 69.4 cm³/mol. The summed E-state index contributed by atoms with van der Waals surface area (Å²) in [6, 6.07) is 6.29. The van der Waals surface area contributed by atoms with Crippen LogP contribution in [-0.4, -0.2) is 20.7 Å². The minimum absolute atomic E-state index is 0.0896. The summed E-state index contributed by atoms with van der Waals surface area (Å²) in [5.74, 6) is -0.0547. The Labute approximate surface area is 105 Å². The highest BCUT2D eigenvalue weighted by Crippen LogP contribution is 2.13. The molecule has 0 bridgehead atoms. The van der Waals surface area contributed by atoms with E-state index in [1.807, 2.05) is 20.2 Å². The zero-order valence-electron chi connectivity index (χ0n) is 10.3. The second-order valence-electron chi connectivity index (χ2n) is 4.09. The van der Waals surface area contributed by atoms with Gasteiger partial charge in [-0.1, -0.05) is 12.1 Å². The summed E-state index contributed by atoms with van der Waals surface area (Å²) in [5, 5.41) is 13.5. The first-order valence-corrected chi connectivity index (χ1v) is 5.58. The minimum atomic E-state index is -0.144. The van der Waals surface area contributed by atoms with E-state index >= 15 is 0 Å². The van der Waals surface area contributed by atoms with Crippen molar-refractivity contribution in [2.75, 3.05) is 0 Å². The summed E-state index contributed by atoms with van der Waals surface area (Å²) in [6.45, 7) is 1.89. The number of hydrogen-bond acceptors (Lipinski definition) is 3. The Kier molecular flexibility index (Phi) is 3.28. The van der Waals surface area contributed by atoms with Crippen LogP contribution in [0.25, 0.3) is 6.08 Å². The molecular weight excluding hydrogens is 228 g/mol. The molecule has 2 rings (SSSR count). The highest BCUT2D eigenvalue weighted by atomic mass is 16.3. The van der Waals surface area contributed by atoms with Crippen LogP contribution in [0, 0.1) is 6.92 Å². The number of ketones is 1. The van der Waals surface area contributed by atoms with Gasteiger partial charge >= 0.3 is 0 Å². The number of allylic oxidation sites excluding steroid dienone is 1. The van der Waals surface area contributed by atoms with E-state index in [9.17, 15) is 9.90 Å². The first-order valence-electron chi connectivity index (χ1n) is 5.58. The number of aryl methyl sites for hydroxylation is 2. The zero-order valence-corrected chi connectivity index (χ0v) is 10.3. The Morgan fingerprint density at radius 3 is 2.83 bits per heavy atom. The molecule has 0 spiro atoms. The molecule has 92 valence electrons. The third kappa shape index (κ3) is 2.66. The largest absolute Gasteiger partial charge is 0.508 e. The van der Waals surface area contributed by atoms with Crippen LogP contribution in [0.4, 0.5) is 0 Å². The van der Waals surface area contributed by atoms with Crippen LogP contribution in [-0.2, 0) is 7.05 Å². The lowest BCUT2D eigenvalue weighted by atomic mass is 10.1. The van der Waals surface area contributed by atoms with E-state index in [0.717, 1.165) is 11.3 Å². The first-order chi connectivity index (χ1) is 8.56. The molecule has 0 aliphatic rings. The van der Waals surface area contributed by atoms with Crippen molar-refractivity contribution in [3.8, 4) is 5.75 Å². The highest BCUT2D eigenvalue weighted by Gasteiger charge is 2.03. The highest BCUT2D eigenvalue weighted by molar-refractivity contribution is 6.07. The number of nitrogens with zero attached hydrogens (tertiary/aromatic N) is 2. The van der Waals surface area contributed by atoms with Gasteiger partial charge in [0.1, 0.15) is 5.75 Å². The fourth-order valence-corrected chi connectivity index (χ4v) is 1.70. The topological polar surface area (TPSA) is 55.1 Å². The van der Waals surface area contributed by atoms with E-state index in [1.165, 1.54) is 18.2 Å². The summed E-state index contributed by atoms with van der Waals surface area (Å²) in [5.41, 5.74) is 2.25. The Morgan fingerprint density at radius 2 is 2.22 bits per heavy atom. The van der Waals surface area contributed by atoms with Gasteiger partial charge in [-0.15, -0.1) is 0 Å². The predicted octanol–water partition coefficient (Wildman–Crippen LogP) is 2.33. The number of carbonyl (C=O) groups is 1. The number of phenols is 1. The van der Waals surface area contributed by atoms with Crippen LogP contribution in [0.15, 0.2) is 36.5 Å². The molecular formula is C14H14N2O2. The van der Waals surface area contributed by atoms with Gasteiger partial charge in [-0.3, -0.25) is 9.48 Å². The van der Waals surface area contributed by atoms with Gasteiger partial charge < -0.3 is 5.11 Å². The second kappa shape index (κ2) is 4.87. The molecule has 0 fully saturated rings. The van der Waals surface area contributed by atoms with Crippen molar-refractivity contribution < 1.29 is 9.90 Å². The number of rotatable bonds is 3. The van der Waals surface area contributed by atoms with Gasteiger partial charge in [-0.05, 0) is 31.2 Å². The molecule has 0 aliphatic heterocycles. The van der Waals surface area contributed by atoms with Crippen molar-refractivity contribution in [2.45, 2.75) is 6.92 Å². The number of benzene rings is 1. The van der Waals surface area contributed by atoms with Crippen LogP contribution in [0.3, 0.4) is 0 Å². The lowest BCUT2D eigenvalue weighted by Gasteiger charge is -1.96. The van der Waals surface area contributed by atoms with Crippen molar-refractivity contribution >= 4 is 11.9 Å². The normalized spacial score (nSPS) is 11.0. The fourth-order valence-electron chi connectivity index (χ4n) is 1.70. The maximum absolute atomic E-state index is 11.9. The van der Waals surface area contributed by atoms with Gasteiger partial charge in [-0.25, -0.2) is 0 Å². The molecule has 0 unspecified atom stereocenters. The molecule has 1 N–H and O–H groups in total. The Morgan fingerprint density at radius 1 is 1.44 bits per heavy atom. The quantitative estimate of drug-likeness (QED) is 0.664. The van der Waals surface area contributed by atoms with Gasteiger partial charge in [-0.2, -0.15) is 5.10 Å². The second-order valence-corrected chi connectivity index (χ2v) is 4.09. The summed E-state index contributed by atoms with van der Waals surface area (Å²) < 4.78 is 1.70.